The van der Waals surface area contributed by atoms with Gasteiger partial charge in [0.2, 0.25) is 5.69 Å². The maximum atomic E-state index is 13.4. The number of nitrogens with zero attached hydrogens (tertiary/aromatic N) is 6. The fourth-order valence-corrected chi connectivity index (χ4v) is 14.6. The Morgan fingerprint density at radius 2 is 0.817 bits per heavy atom. The van der Waals surface area contributed by atoms with E-state index in [1.807, 2.05) is 211 Å². The van der Waals surface area contributed by atoms with Crippen LogP contribution in [0.3, 0.4) is 0 Å². The van der Waals surface area contributed by atoms with Gasteiger partial charge in [0.25, 0.3) is 0 Å². The second-order valence-electron chi connectivity index (χ2n) is 24.2. The number of carbonyl (C=O) groups excluding carboxylic acids is 1. The average molecular weight is 1400 g/mol. The number of halogens is 6. The third-order valence-corrected chi connectivity index (χ3v) is 19.7. The number of aldehydes is 1. The van der Waals surface area contributed by atoms with Crippen molar-refractivity contribution in [1.82, 2.24) is 0 Å². The first-order valence-electron chi connectivity index (χ1n) is 33.0. The van der Waals surface area contributed by atoms with E-state index in [1.54, 1.807) is 44.2 Å². The lowest BCUT2D eigenvalue weighted by molar-refractivity contribution is -0.138. The van der Waals surface area contributed by atoms with Crippen molar-refractivity contribution in [2.24, 2.45) is 0 Å². The van der Waals surface area contributed by atoms with E-state index in [0.717, 1.165) is 129 Å². The fourth-order valence-electron chi connectivity index (χ4n) is 12.9. The Bertz CT molecular complexity index is 5840. The van der Waals surface area contributed by atoms with Crippen LogP contribution >= 0.6 is 7.60 Å². The molecule has 0 aliphatic heterocycles. The zero-order valence-electron chi connectivity index (χ0n) is 56.2. The van der Waals surface area contributed by atoms with Gasteiger partial charge < -0.3 is 18.8 Å². The monoisotopic (exact) mass is 1400 g/mol. The molecule has 0 amide bonds. The molecule has 0 N–H and O–H groups in total. The predicted octanol–water partition coefficient (Wildman–Crippen LogP) is 25.2. The van der Waals surface area contributed by atoms with Crippen molar-refractivity contribution in [2.75, 3.05) is 23.0 Å². The molecular formula is C87H61F6N6O4P. The van der Waals surface area contributed by atoms with Crippen molar-refractivity contribution in [3.8, 4) is 18.2 Å². The normalized spacial score (nSPS) is 11.5. The van der Waals surface area contributed by atoms with Gasteiger partial charge in [-0.1, -0.05) is 175 Å². The second-order valence-corrected chi connectivity index (χ2v) is 26.3. The van der Waals surface area contributed by atoms with Crippen LogP contribution in [0.2, 0.25) is 0 Å². The number of carbonyl (C=O) groups is 1. The predicted molar refractivity (Wildman–Crippen MR) is 404 cm³/mol. The highest BCUT2D eigenvalue weighted by Crippen LogP contribution is 2.52. The van der Waals surface area contributed by atoms with E-state index >= 15 is 0 Å². The minimum atomic E-state index is -4.43. The topological polar surface area (TPSA) is 135 Å². The Labute approximate surface area is 596 Å². The minimum absolute atomic E-state index is 0.115. The van der Waals surface area contributed by atoms with Crippen LogP contribution in [-0.2, 0) is 32.1 Å². The smallest absolute Gasteiger partial charge is 0.310 e. The summed E-state index contributed by atoms with van der Waals surface area (Å²) in [6.45, 7) is 14.0. The number of aryl methyl sites for hydroxylation is 1. The third-order valence-electron chi connectivity index (χ3n) is 17.7. The Balaban J connectivity index is 0.000000156. The van der Waals surface area contributed by atoms with Gasteiger partial charge in [0.1, 0.15) is 24.5 Å². The number of hydrogen-bond donors (Lipinski definition) is 0. The number of fused-ring (bicyclic) bond motifs is 6. The summed E-state index contributed by atoms with van der Waals surface area (Å²) in [5.41, 5.74) is 9.23. The molecule has 14 rings (SSSR count). The van der Waals surface area contributed by atoms with Crippen molar-refractivity contribution in [3.05, 3.63) is 328 Å². The zero-order chi connectivity index (χ0) is 73.3. The first-order valence-corrected chi connectivity index (χ1v) is 34.7. The Morgan fingerprint density at radius 3 is 1.28 bits per heavy atom. The molecule has 17 heteroatoms. The molecule has 0 spiro atoms. The molecule has 0 saturated heterocycles. The maximum absolute atomic E-state index is 13.4. The van der Waals surface area contributed by atoms with E-state index < -0.39 is 31.1 Å². The molecule has 0 unspecified atom stereocenters. The Hall–Kier alpha value is -12.7. The van der Waals surface area contributed by atoms with E-state index in [2.05, 4.69) is 23.1 Å². The minimum Gasteiger partial charge on any atom is -0.310 e. The first-order chi connectivity index (χ1) is 50.3. The van der Waals surface area contributed by atoms with Crippen molar-refractivity contribution in [1.29, 1.82) is 15.8 Å². The highest BCUT2D eigenvalue weighted by atomic mass is 31.2. The van der Waals surface area contributed by atoms with Crippen molar-refractivity contribution < 1.29 is 44.7 Å². The largest absolute Gasteiger partial charge is 0.416 e. The lowest BCUT2D eigenvalue weighted by Gasteiger charge is -2.27. The van der Waals surface area contributed by atoms with Gasteiger partial charge in [-0.05, 0) is 173 Å². The molecule has 0 aliphatic rings. The van der Waals surface area contributed by atoms with Crippen LogP contribution in [-0.4, -0.2) is 19.5 Å². The number of rotatable bonds is 15. The second kappa shape index (κ2) is 30.7. The van der Waals surface area contributed by atoms with Gasteiger partial charge in [0.05, 0.1) is 65.1 Å². The van der Waals surface area contributed by atoms with Gasteiger partial charge in [0.15, 0.2) is 0 Å². The number of anilines is 6. The molecule has 0 atom stereocenters. The summed E-state index contributed by atoms with van der Waals surface area (Å²) < 4.78 is 103. The van der Waals surface area contributed by atoms with Gasteiger partial charge in [-0.25, -0.2) is 4.85 Å². The Morgan fingerprint density at radius 1 is 0.433 bits per heavy atom. The zero-order valence-corrected chi connectivity index (χ0v) is 57.1. The maximum Gasteiger partial charge on any atom is 0.416 e. The van der Waals surface area contributed by atoms with Crippen molar-refractivity contribution in [3.63, 3.8) is 0 Å². The van der Waals surface area contributed by atoms with E-state index in [4.69, 9.17) is 15.6 Å². The summed E-state index contributed by atoms with van der Waals surface area (Å²) in [6, 6.07) is 83.8. The fraction of sp³-hybridized carbons (Fsp3) is 0.0920. The standard InChI is InChI=1S/C42H26F3N3.C24H16F3NO.C21H19N2O3P/c1-27-10-22-36-37(24-27)39(26-46)35-23-15-29(25-38(35)41(36)47-2)12-11-28-13-18-32(19-14-28)48(33-20-16-31(17-21-33)42(43,44)45)40-9-5-7-30-6-3-4-8-34(30)40;25-24(26,27)19-10-14-21(15-11-19)28(20-12-8-17(16-29)9-13-20)23-7-3-5-18-4-1-2-6-22(18)23;1-3-25-27(24,26-4-2)14-15-9-10-18-19(11-15)21(13-23)17-8-6-5-7-16(17)20(18)12-22/h3-25H,1H3;1-16H;5-11H,3-4,14H2,1-2H3. The van der Waals surface area contributed by atoms with Gasteiger partial charge in [-0.15, -0.1) is 0 Å². The molecule has 14 aromatic rings. The van der Waals surface area contributed by atoms with Crippen LogP contribution in [0.25, 0.3) is 81.6 Å². The number of alkyl halides is 6. The molecule has 0 bridgehead atoms. The van der Waals surface area contributed by atoms with Crippen LogP contribution in [0.5, 0.6) is 0 Å². The summed E-state index contributed by atoms with van der Waals surface area (Å²) in [5.74, 6) is 0. The molecule has 510 valence electrons. The molecule has 0 saturated carbocycles. The van der Waals surface area contributed by atoms with E-state index in [0.29, 0.717) is 50.1 Å². The van der Waals surface area contributed by atoms with E-state index in [9.17, 15) is 51.5 Å². The quantitative estimate of drug-likeness (QED) is 0.0245. The average Bonchev–Trinajstić information content (AvgIpc) is 0.755. The first kappa shape index (κ1) is 71.2. The summed E-state index contributed by atoms with van der Waals surface area (Å²) >= 11 is 0. The number of nitriles is 3. The highest BCUT2D eigenvalue weighted by molar-refractivity contribution is 7.53. The molecule has 0 aliphatic carbocycles. The van der Waals surface area contributed by atoms with Crippen LogP contribution in [0, 0.1) is 47.5 Å². The number of hydrogen-bond acceptors (Lipinski definition) is 9. The lowest BCUT2D eigenvalue weighted by atomic mass is 9.92. The van der Waals surface area contributed by atoms with Gasteiger partial charge in [-0.3, -0.25) is 9.36 Å². The highest BCUT2D eigenvalue weighted by Gasteiger charge is 2.32. The molecule has 0 heterocycles. The van der Waals surface area contributed by atoms with E-state index in [-0.39, 0.29) is 19.4 Å². The summed E-state index contributed by atoms with van der Waals surface area (Å²) in [4.78, 5) is 18.7. The summed E-state index contributed by atoms with van der Waals surface area (Å²) in [5, 5.41) is 39.3. The van der Waals surface area contributed by atoms with Crippen LogP contribution < -0.4 is 9.80 Å². The van der Waals surface area contributed by atoms with Crippen molar-refractivity contribution >= 4 is 130 Å². The lowest BCUT2D eigenvalue weighted by Crippen LogP contribution is -2.11. The SMILES string of the molecule is CCOP(=O)(Cc1ccc2c(C#N)c3ccccc3c(C#N)c2c1)OCC.O=Cc1ccc(N(c2ccc(C(F)(F)F)cc2)c2cccc3ccccc23)cc1.[C-]#[N+]c1c2ccc(C)cc2c(C#N)c2ccc(C=Cc3ccc(N(c4ccc(C(F)(F)F)cc4)c4cccc5ccccc45)cc3)cc12. The van der Waals surface area contributed by atoms with E-state index in [1.165, 1.54) is 24.3 Å². The molecule has 0 radical (unpaired) electrons. The molecule has 10 nitrogen and oxygen atoms in total. The van der Waals surface area contributed by atoms with Crippen LogP contribution in [0.4, 0.5) is 66.2 Å². The van der Waals surface area contributed by atoms with Crippen LogP contribution in [0.1, 0.15) is 74.3 Å². The molecule has 0 aromatic heterocycles. The van der Waals surface area contributed by atoms with Crippen molar-refractivity contribution in [2.45, 2.75) is 39.3 Å². The Kier molecular flexibility index (Phi) is 21.0. The summed E-state index contributed by atoms with van der Waals surface area (Å²) in [7, 11) is -3.26. The molecule has 14 aromatic carbocycles. The summed E-state index contributed by atoms with van der Waals surface area (Å²) in [6.07, 6.45) is -4.02. The third kappa shape index (κ3) is 15.0. The van der Waals surface area contributed by atoms with Crippen LogP contribution in [0.15, 0.2) is 261 Å². The van der Waals surface area contributed by atoms with Gasteiger partial charge >= 0.3 is 19.9 Å². The van der Waals surface area contributed by atoms with Gasteiger partial charge in [0, 0.05) is 60.6 Å². The molecule has 104 heavy (non-hydrogen) atoms. The molecule has 0 fully saturated rings. The molecular weight excluding hydrogens is 1340 g/mol. The number of benzene rings is 14. The van der Waals surface area contributed by atoms with Gasteiger partial charge in [-0.2, -0.15) is 42.1 Å².